The Morgan fingerprint density at radius 2 is 1.67 bits per heavy atom. The second kappa shape index (κ2) is 10.4. The first-order valence-electron chi connectivity index (χ1n) is 9.36. The summed E-state index contributed by atoms with van der Waals surface area (Å²) in [5.41, 5.74) is -0.346. The number of aromatic nitrogens is 1. The summed E-state index contributed by atoms with van der Waals surface area (Å²) in [6.45, 7) is 0.0131. The smallest absolute Gasteiger partial charge is 0.422 e. The molecule has 0 aliphatic heterocycles. The highest BCUT2D eigenvalue weighted by Crippen LogP contribution is 2.29. The lowest BCUT2D eigenvalue weighted by molar-refractivity contribution is -0.153. The summed E-state index contributed by atoms with van der Waals surface area (Å²) in [5, 5.41) is 13.5. The van der Waals surface area contributed by atoms with Crippen molar-refractivity contribution in [3.8, 4) is 5.75 Å². The van der Waals surface area contributed by atoms with E-state index in [2.05, 4.69) is 15.0 Å². The van der Waals surface area contributed by atoms with Gasteiger partial charge in [0.15, 0.2) is 6.61 Å². The topological polar surface area (TPSA) is 101 Å². The summed E-state index contributed by atoms with van der Waals surface area (Å²) in [6, 6.07) is 4.38. The molecule has 0 saturated heterocycles. The molecule has 2 aromatic rings. The summed E-state index contributed by atoms with van der Waals surface area (Å²) < 4.78 is 79.2. The van der Waals surface area contributed by atoms with E-state index < -0.39 is 48.6 Å². The van der Waals surface area contributed by atoms with Crippen LogP contribution in [0.25, 0.3) is 0 Å². The van der Waals surface area contributed by atoms with E-state index in [1.807, 2.05) is 5.32 Å². The van der Waals surface area contributed by atoms with Crippen molar-refractivity contribution in [1.82, 2.24) is 15.6 Å². The van der Waals surface area contributed by atoms with Gasteiger partial charge >= 0.3 is 18.4 Å². The normalized spacial score (nSPS) is 13.7. The van der Waals surface area contributed by atoms with Crippen molar-refractivity contribution in [2.75, 3.05) is 6.61 Å². The number of alkyl halides is 6. The zero-order valence-electron chi connectivity index (χ0n) is 17.0. The van der Waals surface area contributed by atoms with Crippen LogP contribution >= 0.6 is 0 Å². The summed E-state index contributed by atoms with van der Waals surface area (Å²) in [7, 11) is 0. The van der Waals surface area contributed by atoms with Gasteiger partial charge in [-0.1, -0.05) is 12.1 Å². The van der Waals surface area contributed by atoms with Crippen LogP contribution in [0.15, 0.2) is 42.6 Å². The monoisotopic (exact) mass is 479 g/mol. The van der Waals surface area contributed by atoms with Crippen molar-refractivity contribution < 1.29 is 45.8 Å². The van der Waals surface area contributed by atoms with Crippen LogP contribution in [0.2, 0.25) is 0 Å². The molecule has 0 saturated carbocycles. The number of carbonyl (C=O) groups is 2. The fourth-order valence-corrected chi connectivity index (χ4v) is 2.71. The predicted molar refractivity (Wildman–Crippen MR) is 102 cm³/mol. The minimum absolute atomic E-state index is 0.137. The molecule has 13 heteroatoms. The summed E-state index contributed by atoms with van der Waals surface area (Å²) in [4.78, 5) is 27.6. The molecule has 3 N–H and O–H groups in total. The van der Waals surface area contributed by atoms with E-state index in [-0.39, 0.29) is 23.4 Å². The third-order valence-corrected chi connectivity index (χ3v) is 4.30. The van der Waals surface area contributed by atoms with E-state index in [1.54, 1.807) is 0 Å². The largest absolute Gasteiger partial charge is 0.483 e. The highest BCUT2D eigenvalue weighted by atomic mass is 19.4. The fourth-order valence-electron chi connectivity index (χ4n) is 2.71. The van der Waals surface area contributed by atoms with Gasteiger partial charge in [-0.05, 0) is 36.8 Å². The van der Waals surface area contributed by atoms with E-state index in [0.29, 0.717) is 0 Å². The lowest BCUT2D eigenvalue weighted by Crippen LogP contribution is -2.48. The van der Waals surface area contributed by atoms with Gasteiger partial charge in [0.2, 0.25) is 5.91 Å². The highest BCUT2D eigenvalue weighted by Gasteiger charge is 2.31. The maximum absolute atomic E-state index is 12.7. The Balaban J connectivity index is 2.04. The molecule has 0 fully saturated rings. The fraction of sp³-hybridized carbons (Fsp3) is 0.350. The zero-order chi connectivity index (χ0) is 24.8. The molecule has 0 spiro atoms. The molecule has 1 aromatic carbocycles. The number of nitrogens with one attached hydrogen (secondary N) is 2. The number of carboxylic acid groups (broad SMARTS) is 1. The number of nitrogens with zero attached hydrogens (tertiary/aromatic N) is 1. The number of amides is 2. The Morgan fingerprint density at radius 1 is 1.03 bits per heavy atom. The molecule has 33 heavy (non-hydrogen) atoms. The van der Waals surface area contributed by atoms with E-state index >= 15 is 0 Å². The second-order valence-corrected chi connectivity index (χ2v) is 6.95. The predicted octanol–water partition coefficient (Wildman–Crippen LogP) is 4.10. The van der Waals surface area contributed by atoms with Gasteiger partial charge in [0.05, 0.1) is 23.5 Å². The van der Waals surface area contributed by atoms with Crippen LogP contribution in [0.4, 0.5) is 31.1 Å². The zero-order valence-corrected chi connectivity index (χ0v) is 17.0. The van der Waals surface area contributed by atoms with Crippen LogP contribution in [0.1, 0.15) is 29.8 Å². The second-order valence-electron chi connectivity index (χ2n) is 6.95. The number of rotatable bonds is 8. The Kier molecular flexibility index (Phi) is 8.12. The molecular weight excluding hydrogens is 460 g/mol. The van der Waals surface area contributed by atoms with E-state index in [9.17, 15) is 35.9 Å². The molecule has 2 rings (SSSR count). The standard InChI is InChI=1S/C20H19F6N3O4/c1-11(15-7-6-14(9-27-15)33-10-19(21,22)23)28-17(30)16(29-18(31)32)8-12-2-4-13(5-3-12)20(24,25)26/h2-7,9,11,16,29H,8,10H2,1H3,(H,28,30)(H,31,32). The average molecular weight is 479 g/mol. The number of hydrogen-bond acceptors (Lipinski definition) is 4. The van der Waals surface area contributed by atoms with E-state index in [4.69, 9.17) is 5.11 Å². The number of halogens is 6. The van der Waals surface area contributed by atoms with Crippen molar-refractivity contribution in [1.29, 1.82) is 0 Å². The summed E-state index contributed by atoms with van der Waals surface area (Å²) >= 11 is 0. The molecule has 0 aliphatic rings. The molecule has 2 amide bonds. The third-order valence-electron chi connectivity index (χ3n) is 4.30. The highest BCUT2D eigenvalue weighted by molar-refractivity contribution is 5.85. The number of carbonyl (C=O) groups excluding carboxylic acids is 1. The van der Waals surface area contributed by atoms with Gasteiger partial charge in [0.1, 0.15) is 11.8 Å². The van der Waals surface area contributed by atoms with Gasteiger partial charge in [-0.2, -0.15) is 26.3 Å². The number of pyridine rings is 1. The summed E-state index contributed by atoms with van der Waals surface area (Å²) in [6.07, 6.45) is -9.75. The van der Waals surface area contributed by atoms with Gasteiger partial charge in [-0.3, -0.25) is 9.78 Å². The van der Waals surface area contributed by atoms with Crippen molar-refractivity contribution in [2.24, 2.45) is 0 Å². The summed E-state index contributed by atoms with van der Waals surface area (Å²) in [5.74, 6) is -0.911. The Labute approximate surface area is 183 Å². The van der Waals surface area contributed by atoms with Gasteiger partial charge in [0.25, 0.3) is 0 Å². The number of hydrogen-bond donors (Lipinski definition) is 3. The van der Waals surface area contributed by atoms with Crippen LogP contribution in [0.3, 0.4) is 0 Å². The van der Waals surface area contributed by atoms with Crippen molar-refractivity contribution in [2.45, 2.75) is 37.8 Å². The lowest BCUT2D eigenvalue weighted by Gasteiger charge is -2.20. The molecular formula is C20H19F6N3O4. The maximum Gasteiger partial charge on any atom is 0.422 e. The maximum atomic E-state index is 12.7. The third kappa shape index (κ3) is 8.50. The minimum Gasteiger partial charge on any atom is -0.483 e. The Bertz CT molecular complexity index is 946. The first kappa shape index (κ1) is 25.7. The van der Waals surface area contributed by atoms with Gasteiger partial charge in [-0.15, -0.1) is 0 Å². The van der Waals surface area contributed by atoms with Crippen LogP contribution in [-0.2, 0) is 17.4 Å². The van der Waals surface area contributed by atoms with Crippen LogP contribution in [-0.4, -0.2) is 40.9 Å². The molecule has 0 radical (unpaired) electrons. The van der Waals surface area contributed by atoms with Gasteiger partial charge in [-0.25, -0.2) is 4.79 Å². The lowest BCUT2D eigenvalue weighted by atomic mass is 10.0. The Morgan fingerprint density at radius 3 is 2.15 bits per heavy atom. The molecule has 0 aliphatic carbocycles. The molecule has 180 valence electrons. The van der Waals surface area contributed by atoms with Crippen LogP contribution in [0, 0.1) is 0 Å². The Hall–Kier alpha value is -3.51. The van der Waals surface area contributed by atoms with E-state index in [0.717, 1.165) is 30.5 Å². The molecule has 7 nitrogen and oxygen atoms in total. The van der Waals surface area contributed by atoms with Gasteiger partial charge in [0, 0.05) is 6.42 Å². The van der Waals surface area contributed by atoms with Crippen molar-refractivity contribution in [3.63, 3.8) is 0 Å². The van der Waals surface area contributed by atoms with Crippen LogP contribution < -0.4 is 15.4 Å². The minimum atomic E-state index is -4.54. The first-order valence-corrected chi connectivity index (χ1v) is 9.36. The van der Waals surface area contributed by atoms with Crippen LogP contribution in [0.5, 0.6) is 5.75 Å². The quantitative estimate of drug-likeness (QED) is 0.495. The SMILES string of the molecule is CC(NC(=O)C(Cc1ccc(C(F)(F)F)cc1)NC(=O)O)c1ccc(OCC(F)(F)F)cn1. The number of benzene rings is 1. The van der Waals surface area contributed by atoms with Gasteiger partial charge < -0.3 is 20.5 Å². The van der Waals surface area contributed by atoms with Crippen molar-refractivity contribution >= 4 is 12.0 Å². The molecule has 2 atom stereocenters. The average Bonchev–Trinajstić information content (AvgIpc) is 2.71. The molecule has 1 heterocycles. The first-order chi connectivity index (χ1) is 15.2. The number of ether oxygens (including phenoxy) is 1. The molecule has 1 aromatic heterocycles. The van der Waals surface area contributed by atoms with Crippen molar-refractivity contribution in [3.05, 3.63) is 59.4 Å². The molecule has 2 unspecified atom stereocenters. The van der Waals surface area contributed by atoms with E-state index in [1.165, 1.54) is 19.1 Å². The molecule has 0 bridgehead atoms.